The van der Waals surface area contributed by atoms with Crippen LogP contribution in [0.5, 0.6) is 5.75 Å². The highest BCUT2D eigenvalue weighted by Gasteiger charge is 2.12. The van der Waals surface area contributed by atoms with Gasteiger partial charge >= 0.3 is 0 Å². The molecule has 0 radical (unpaired) electrons. The number of benzene rings is 2. The maximum Gasteiger partial charge on any atom is 0.238 e. The van der Waals surface area contributed by atoms with Gasteiger partial charge in [0.15, 0.2) is 0 Å². The lowest BCUT2D eigenvalue weighted by molar-refractivity contribution is 0.465. The van der Waals surface area contributed by atoms with Crippen molar-refractivity contribution in [3.8, 4) is 5.75 Å². The fourth-order valence-corrected chi connectivity index (χ4v) is 3.13. The molecular formula is C14H15BrN2O3S. The molecule has 21 heavy (non-hydrogen) atoms. The predicted octanol–water partition coefficient (Wildman–Crippen LogP) is 2.72. The van der Waals surface area contributed by atoms with Crippen LogP contribution in [0.2, 0.25) is 0 Å². The number of halogens is 1. The summed E-state index contributed by atoms with van der Waals surface area (Å²) < 4.78 is 23.6. The molecule has 2 aromatic carbocycles. The second kappa shape index (κ2) is 6.05. The second-order valence-electron chi connectivity index (χ2n) is 4.63. The Morgan fingerprint density at radius 1 is 1.29 bits per heavy atom. The third-order valence-electron chi connectivity index (χ3n) is 3.05. The molecule has 0 spiro atoms. The molecule has 0 atom stereocenters. The molecule has 0 fully saturated rings. The summed E-state index contributed by atoms with van der Waals surface area (Å²) in [5, 5.41) is 18.1. The summed E-state index contributed by atoms with van der Waals surface area (Å²) in [6.45, 7) is 2.04. The lowest BCUT2D eigenvalue weighted by atomic mass is 10.2. The Bertz CT molecular complexity index is 776. The van der Waals surface area contributed by atoms with Gasteiger partial charge < -0.3 is 10.4 Å². The van der Waals surface area contributed by atoms with Gasteiger partial charge in [0.1, 0.15) is 5.75 Å². The van der Waals surface area contributed by atoms with E-state index in [4.69, 9.17) is 5.14 Å². The zero-order valence-electron chi connectivity index (χ0n) is 11.3. The Morgan fingerprint density at radius 2 is 2.00 bits per heavy atom. The highest BCUT2D eigenvalue weighted by Crippen LogP contribution is 2.28. The van der Waals surface area contributed by atoms with Crippen LogP contribution in [0, 0.1) is 6.92 Å². The third-order valence-corrected chi connectivity index (χ3v) is 4.74. The number of aromatic hydroxyl groups is 1. The summed E-state index contributed by atoms with van der Waals surface area (Å²) in [6, 6.07) is 10.3. The van der Waals surface area contributed by atoms with Crippen LogP contribution in [0.15, 0.2) is 45.8 Å². The van der Waals surface area contributed by atoms with Crippen molar-refractivity contribution in [1.82, 2.24) is 0 Å². The molecule has 0 bridgehead atoms. The first-order chi connectivity index (χ1) is 9.79. The molecule has 112 valence electrons. The third kappa shape index (κ3) is 3.75. The Hall–Kier alpha value is -1.57. The van der Waals surface area contributed by atoms with Crippen LogP contribution in [0.1, 0.15) is 11.1 Å². The van der Waals surface area contributed by atoms with Gasteiger partial charge in [0.2, 0.25) is 10.0 Å². The Morgan fingerprint density at radius 3 is 2.67 bits per heavy atom. The van der Waals surface area contributed by atoms with E-state index in [1.165, 1.54) is 6.07 Å². The van der Waals surface area contributed by atoms with Gasteiger partial charge in [-0.15, -0.1) is 0 Å². The van der Waals surface area contributed by atoms with E-state index in [0.717, 1.165) is 0 Å². The highest BCUT2D eigenvalue weighted by atomic mass is 79.9. The molecule has 0 aromatic heterocycles. The minimum absolute atomic E-state index is 0.0889. The first kappa shape index (κ1) is 15.8. The van der Waals surface area contributed by atoms with E-state index in [1.54, 1.807) is 31.2 Å². The monoisotopic (exact) mass is 370 g/mol. The number of para-hydroxylation sites is 1. The first-order valence-corrected chi connectivity index (χ1v) is 8.46. The van der Waals surface area contributed by atoms with E-state index >= 15 is 0 Å². The van der Waals surface area contributed by atoms with Gasteiger partial charge in [0.05, 0.1) is 9.37 Å². The molecule has 0 amide bonds. The minimum atomic E-state index is -3.75. The van der Waals surface area contributed by atoms with E-state index in [-0.39, 0.29) is 10.6 Å². The molecule has 0 saturated heterocycles. The number of phenolic OH excluding ortho intramolecular Hbond substituents is 1. The van der Waals surface area contributed by atoms with Crippen LogP contribution in [-0.2, 0) is 16.6 Å². The predicted molar refractivity (Wildman–Crippen MR) is 85.7 cm³/mol. The van der Waals surface area contributed by atoms with Gasteiger partial charge in [-0.05, 0) is 46.6 Å². The number of sulfonamides is 1. The summed E-state index contributed by atoms with van der Waals surface area (Å²) in [4.78, 5) is 0.0889. The van der Waals surface area contributed by atoms with Gasteiger partial charge in [-0.3, -0.25) is 0 Å². The number of phenols is 1. The topological polar surface area (TPSA) is 92.4 Å². The molecule has 5 nitrogen and oxygen atoms in total. The van der Waals surface area contributed by atoms with Crippen LogP contribution in [0.4, 0.5) is 5.69 Å². The molecule has 0 aliphatic carbocycles. The van der Waals surface area contributed by atoms with Gasteiger partial charge in [-0.1, -0.05) is 18.2 Å². The quantitative estimate of drug-likeness (QED) is 0.771. The normalized spacial score (nSPS) is 11.4. The van der Waals surface area contributed by atoms with Crippen LogP contribution >= 0.6 is 15.9 Å². The maximum absolute atomic E-state index is 11.5. The first-order valence-electron chi connectivity index (χ1n) is 6.12. The van der Waals surface area contributed by atoms with Crippen molar-refractivity contribution in [3.63, 3.8) is 0 Å². The van der Waals surface area contributed by atoms with Crippen molar-refractivity contribution < 1.29 is 13.5 Å². The van der Waals surface area contributed by atoms with Crippen LogP contribution in [0.3, 0.4) is 0 Å². The average molecular weight is 371 g/mol. The van der Waals surface area contributed by atoms with E-state index < -0.39 is 10.0 Å². The number of nitrogens with two attached hydrogens (primary N) is 1. The molecule has 4 N–H and O–H groups in total. The number of hydrogen-bond donors (Lipinski definition) is 3. The van der Waals surface area contributed by atoms with Crippen molar-refractivity contribution >= 4 is 31.6 Å². The largest absolute Gasteiger partial charge is 0.506 e. The second-order valence-corrected chi connectivity index (χ2v) is 7.01. The minimum Gasteiger partial charge on any atom is -0.506 e. The Kier molecular flexibility index (Phi) is 4.55. The number of nitrogens with one attached hydrogen (secondary N) is 1. The fourth-order valence-electron chi connectivity index (χ4n) is 1.92. The highest BCUT2D eigenvalue weighted by molar-refractivity contribution is 9.10. The van der Waals surface area contributed by atoms with Crippen LogP contribution < -0.4 is 10.5 Å². The smallest absolute Gasteiger partial charge is 0.238 e. The van der Waals surface area contributed by atoms with Crippen molar-refractivity contribution in [2.24, 2.45) is 5.14 Å². The molecule has 0 aliphatic heterocycles. The summed E-state index contributed by atoms with van der Waals surface area (Å²) in [6.07, 6.45) is 0. The zero-order chi connectivity index (χ0) is 15.6. The number of rotatable bonds is 4. The number of primary sulfonamides is 1. The van der Waals surface area contributed by atoms with Gasteiger partial charge in [-0.25, -0.2) is 13.6 Å². The summed E-state index contributed by atoms with van der Waals surface area (Å²) in [5.74, 6) is 0.156. The lowest BCUT2D eigenvalue weighted by Crippen LogP contribution is -2.14. The van der Waals surface area contributed by atoms with Gasteiger partial charge in [-0.2, -0.15) is 0 Å². The van der Waals surface area contributed by atoms with Crippen LogP contribution in [-0.4, -0.2) is 13.5 Å². The van der Waals surface area contributed by atoms with Crippen molar-refractivity contribution in [1.29, 1.82) is 0 Å². The summed E-state index contributed by atoms with van der Waals surface area (Å²) in [7, 11) is -3.75. The number of anilines is 1. The molecule has 0 aliphatic rings. The Balaban J connectivity index is 2.23. The van der Waals surface area contributed by atoms with Crippen LogP contribution in [0.25, 0.3) is 0 Å². The maximum atomic E-state index is 11.5. The average Bonchev–Trinajstić information content (AvgIpc) is 2.40. The van der Waals surface area contributed by atoms with Crippen molar-refractivity contribution in [2.45, 2.75) is 18.4 Å². The van der Waals surface area contributed by atoms with Crippen molar-refractivity contribution in [3.05, 3.63) is 52.0 Å². The fraction of sp³-hybridized carbons (Fsp3) is 0.143. The molecule has 2 rings (SSSR count). The van der Waals surface area contributed by atoms with Crippen molar-refractivity contribution in [2.75, 3.05) is 5.32 Å². The molecule has 2 aromatic rings. The molecule has 0 saturated carbocycles. The molecular weight excluding hydrogens is 356 g/mol. The standard InChI is InChI=1S/C14H15BrN2O3S/c1-9-5-6-11(7-13(9)21(16,19)20)17-8-10-3-2-4-12(15)14(10)18/h2-7,17-18H,8H2,1H3,(H2,16,19,20). The van der Waals surface area contributed by atoms with Gasteiger partial charge in [0, 0.05) is 17.8 Å². The SMILES string of the molecule is Cc1ccc(NCc2cccc(Br)c2O)cc1S(N)(=O)=O. The lowest BCUT2D eigenvalue weighted by Gasteiger charge is -2.11. The molecule has 0 unspecified atom stereocenters. The zero-order valence-corrected chi connectivity index (χ0v) is 13.7. The molecule has 7 heteroatoms. The number of aryl methyl sites for hydroxylation is 1. The Labute approximate surface area is 132 Å². The van der Waals surface area contributed by atoms with E-state index in [9.17, 15) is 13.5 Å². The number of hydrogen-bond acceptors (Lipinski definition) is 4. The van der Waals surface area contributed by atoms with E-state index in [1.807, 2.05) is 6.07 Å². The molecule has 0 heterocycles. The summed E-state index contributed by atoms with van der Waals surface area (Å²) >= 11 is 3.25. The van der Waals surface area contributed by atoms with Gasteiger partial charge in [0.25, 0.3) is 0 Å². The van der Waals surface area contributed by atoms with E-state index in [2.05, 4.69) is 21.2 Å². The van der Waals surface area contributed by atoms with E-state index in [0.29, 0.717) is 27.8 Å². The summed E-state index contributed by atoms with van der Waals surface area (Å²) in [5.41, 5.74) is 1.90.